The standard InChI is InChI=1S/C14H16BrN6O/c1-16-12-6-13(21-14(19-12)11(15)8-18-21)17-7-10-4-3-5-20(9-10)22-2/h3-6,8-9,17H,7H2,1-2H3,(H,16,19)/q+1. The lowest BCUT2D eigenvalue weighted by Gasteiger charge is -2.10. The second-order valence-corrected chi connectivity index (χ2v) is 5.47. The van der Waals surface area contributed by atoms with Crippen LogP contribution < -0.4 is 20.2 Å². The molecule has 0 radical (unpaired) electrons. The molecule has 0 aliphatic rings. The maximum Gasteiger partial charge on any atom is 0.227 e. The van der Waals surface area contributed by atoms with Gasteiger partial charge < -0.3 is 10.6 Å². The van der Waals surface area contributed by atoms with Gasteiger partial charge in [-0.1, -0.05) is 0 Å². The van der Waals surface area contributed by atoms with Crippen LogP contribution >= 0.6 is 15.9 Å². The van der Waals surface area contributed by atoms with Crippen molar-refractivity contribution >= 4 is 33.2 Å². The molecule has 0 aliphatic carbocycles. The summed E-state index contributed by atoms with van der Waals surface area (Å²) in [4.78, 5) is 9.64. The molecule has 0 bridgehead atoms. The average Bonchev–Trinajstić information content (AvgIpc) is 2.94. The fraction of sp³-hybridized carbons (Fsp3) is 0.214. The minimum absolute atomic E-state index is 0.643. The first-order chi connectivity index (χ1) is 10.7. The van der Waals surface area contributed by atoms with Crippen LogP contribution in [0.15, 0.2) is 41.3 Å². The van der Waals surface area contributed by atoms with Crippen molar-refractivity contribution in [1.29, 1.82) is 0 Å². The number of aromatic nitrogens is 4. The molecule has 8 heteroatoms. The molecular formula is C14H16BrN6O+. The summed E-state index contributed by atoms with van der Waals surface area (Å²) in [5.74, 6) is 1.63. The molecule has 3 heterocycles. The van der Waals surface area contributed by atoms with Crippen molar-refractivity contribution in [3.05, 3.63) is 46.8 Å². The Morgan fingerprint density at radius 1 is 1.45 bits per heavy atom. The largest absolute Gasteiger partial charge is 0.373 e. The third-order valence-corrected chi connectivity index (χ3v) is 3.77. The predicted molar refractivity (Wildman–Crippen MR) is 86.7 cm³/mol. The Labute approximate surface area is 136 Å². The summed E-state index contributed by atoms with van der Waals surface area (Å²) in [5.41, 5.74) is 1.85. The number of hydrogen-bond acceptors (Lipinski definition) is 5. The van der Waals surface area contributed by atoms with Gasteiger partial charge in [-0.3, -0.25) is 4.84 Å². The highest BCUT2D eigenvalue weighted by molar-refractivity contribution is 9.10. The zero-order valence-electron chi connectivity index (χ0n) is 12.2. The third kappa shape index (κ3) is 2.82. The summed E-state index contributed by atoms with van der Waals surface area (Å²) < 4.78 is 4.27. The lowest BCUT2D eigenvalue weighted by molar-refractivity contribution is -0.885. The van der Waals surface area contributed by atoms with Gasteiger partial charge in [0.15, 0.2) is 5.65 Å². The van der Waals surface area contributed by atoms with E-state index in [-0.39, 0.29) is 0 Å². The van der Waals surface area contributed by atoms with Crippen molar-refractivity contribution in [2.75, 3.05) is 24.8 Å². The number of rotatable bonds is 5. The third-order valence-electron chi connectivity index (χ3n) is 3.21. The van der Waals surface area contributed by atoms with Crippen LogP contribution in [0.25, 0.3) is 5.65 Å². The van der Waals surface area contributed by atoms with Crippen LogP contribution in [0.1, 0.15) is 5.56 Å². The fourth-order valence-electron chi connectivity index (χ4n) is 2.10. The van der Waals surface area contributed by atoms with Crippen LogP contribution in [0.5, 0.6) is 0 Å². The first-order valence-corrected chi connectivity index (χ1v) is 7.51. The van der Waals surface area contributed by atoms with Gasteiger partial charge in [0.05, 0.1) is 10.7 Å². The van der Waals surface area contributed by atoms with Crippen molar-refractivity contribution < 1.29 is 9.57 Å². The normalized spacial score (nSPS) is 10.7. The van der Waals surface area contributed by atoms with E-state index in [1.54, 1.807) is 22.6 Å². The summed E-state index contributed by atoms with van der Waals surface area (Å²) in [7, 11) is 3.47. The molecule has 0 amide bonds. The lowest BCUT2D eigenvalue weighted by atomic mass is 10.3. The second kappa shape index (κ2) is 6.18. The Kier molecular flexibility index (Phi) is 4.10. The Morgan fingerprint density at radius 2 is 2.32 bits per heavy atom. The number of hydrogen-bond donors (Lipinski definition) is 2. The molecule has 0 saturated carbocycles. The Hall–Kier alpha value is -2.35. The first kappa shape index (κ1) is 14.6. The van der Waals surface area contributed by atoms with Gasteiger partial charge >= 0.3 is 0 Å². The van der Waals surface area contributed by atoms with Gasteiger partial charge in [-0.2, -0.15) is 9.61 Å². The molecule has 0 saturated heterocycles. The predicted octanol–water partition coefficient (Wildman–Crippen LogP) is 1.49. The number of nitrogens with zero attached hydrogens (tertiary/aromatic N) is 4. The van der Waals surface area contributed by atoms with Gasteiger partial charge in [0, 0.05) is 36.0 Å². The highest BCUT2D eigenvalue weighted by Crippen LogP contribution is 2.22. The number of fused-ring (bicyclic) bond motifs is 1. The molecule has 22 heavy (non-hydrogen) atoms. The zero-order chi connectivity index (χ0) is 15.5. The van der Waals surface area contributed by atoms with E-state index >= 15 is 0 Å². The van der Waals surface area contributed by atoms with E-state index in [4.69, 9.17) is 4.84 Å². The lowest BCUT2D eigenvalue weighted by Crippen LogP contribution is -2.40. The van der Waals surface area contributed by atoms with E-state index in [0.717, 1.165) is 27.3 Å². The summed E-state index contributed by atoms with van der Waals surface area (Å²) in [6, 6.07) is 5.88. The molecule has 0 unspecified atom stereocenters. The zero-order valence-corrected chi connectivity index (χ0v) is 13.8. The number of pyridine rings is 1. The molecule has 114 valence electrons. The van der Waals surface area contributed by atoms with Crippen LogP contribution in [-0.2, 0) is 6.54 Å². The quantitative estimate of drug-likeness (QED) is 0.672. The van der Waals surface area contributed by atoms with Crippen LogP contribution in [0, 0.1) is 0 Å². The highest BCUT2D eigenvalue weighted by Gasteiger charge is 2.10. The van der Waals surface area contributed by atoms with E-state index in [0.29, 0.717) is 6.54 Å². The fourth-order valence-corrected chi connectivity index (χ4v) is 2.45. The highest BCUT2D eigenvalue weighted by atomic mass is 79.9. The van der Waals surface area contributed by atoms with Crippen LogP contribution in [-0.4, -0.2) is 28.8 Å². The van der Waals surface area contributed by atoms with E-state index < -0.39 is 0 Å². The average molecular weight is 364 g/mol. The van der Waals surface area contributed by atoms with E-state index in [2.05, 4.69) is 36.6 Å². The summed E-state index contributed by atoms with van der Waals surface area (Å²) >= 11 is 3.46. The number of anilines is 2. The smallest absolute Gasteiger partial charge is 0.227 e. The van der Waals surface area contributed by atoms with Crippen molar-refractivity contribution in [3.63, 3.8) is 0 Å². The summed E-state index contributed by atoms with van der Waals surface area (Å²) in [5, 5.41) is 10.8. The monoisotopic (exact) mass is 363 g/mol. The van der Waals surface area contributed by atoms with Crippen molar-refractivity contribution in [2.45, 2.75) is 6.54 Å². The molecule has 0 fully saturated rings. The molecule has 7 nitrogen and oxygen atoms in total. The van der Waals surface area contributed by atoms with Crippen LogP contribution in [0.4, 0.5) is 11.6 Å². The van der Waals surface area contributed by atoms with Crippen molar-refractivity contribution in [2.24, 2.45) is 0 Å². The number of halogens is 1. The summed E-state index contributed by atoms with van der Waals surface area (Å²) in [6.07, 6.45) is 5.50. The van der Waals surface area contributed by atoms with Crippen LogP contribution in [0.2, 0.25) is 0 Å². The Bertz CT molecular complexity index is 803. The molecule has 3 aromatic heterocycles. The van der Waals surface area contributed by atoms with Gasteiger partial charge in [-0.25, -0.2) is 4.98 Å². The van der Waals surface area contributed by atoms with E-state index in [1.165, 1.54) is 0 Å². The molecule has 0 atom stereocenters. The molecule has 3 rings (SSSR count). The van der Waals surface area contributed by atoms with Gasteiger partial charge in [-0.15, -0.1) is 0 Å². The van der Waals surface area contributed by atoms with E-state index in [9.17, 15) is 0 Å². The van der Waals surface area contributed by atoms with Crippen LogP contribution in [0.3, 0.4) is 0 Å². The maximum atomic E-state index is 5.16. The SMILES string of the molecule is CNc1cc(NCc2ccc[n+](OC)c2)n2ncc(Br)c2n1. The van der Waals surface area contributed by atoms with Gasteiger partial charge in [0.25, 0.3) is 0 Å². The van der Waals surface area contributed by atoms with Gasteiger partial charge in [0.2, 0.25) is 12.4 Å². The topological polar surface area (TPSA) is 67.4 Å². The molecule has 2 N–H and O–H groups in total. The molecule has 3 aromatic rings. The van der Waals surface area contributed by atoms with Gasteiger partial charge in [0.1, 0.15) is 18.7 Å². The second-order valence-electron chi connectivity index (χ2n) is 4.61. The minimum atomic E-state index is 0.643. The molecular weight excluding hydrogens is 348 g/mol. The van der Waals surface area contributed by atoms with Crippen molar-refractivity contribution in [3.8, 4) is 0 Å². The van der Waals surface area contributed by atoms with E-state index in [1.807, 2.05) is 37.6 Å². The van der Waals surface area contributed by atoms with Crippen molar-refractivity contribution in [1.82, 2.24) is 14.6 Å². The molecule has 0 spiro atoms. The Morgan fingerprint density at radius 3 is 3.09 bits per heavy atom. The maximum absolute atomic E-state index is 5.16. The molecule has 0 aromatic carbocycles. The number of nitrogens with one attached hydrogen (secondary N) is 2. The van der Waals surface area contributed by atoms with Gasteiger partial charge in [-0.05, 0) is 22.0 Å². The minimum Gasteiger partial charge on any atom is -0.373 e. The summed E-state index contributed by atoms with van der Waals surface area (Å²) in [6.45, 7) is 0.643. The Balaban J connectivity index is 1.89. The molecule has 0 aliphatic heterocycles. The first-order valence-electron chi connectivity index (χ1n) is 6.72.